The average molecular weight is 360 g/mol. The molecular formula is C21H16N2O4. The van der Waals surface area contributed by atoms with Crippen LogP contribution in [0.5, 0.6) is 5.75 Å². The zero-order valence-corrected chi connectivity index (χ0v) is 14.8. The van der Waals surface area contributed by atoms with Gasteiger partial charge in [-0.05, 0) is 31.2 Å². The second kappa shape index (κ2) is 6.57. The number of aromatic nitrogens is 2. The number of hydrogen-bond acceptors (Lipinski definition) is 5. The summed E-state index contributed by atoms with van der Waals surface area (Å²) >= 11 is 0. The van der Waals surface area contributed by atoms with Crippen molar-refractivity contribution in [3.63, 3.8) is 0 Å². The number of carbonyl (C=O) groups excluding carboxylic acids is 1. The number of fused-ring (bicyclic) bond motifs is 1. The quantitative estimate of drug-likeness (QED) is 0.409. The Hall–Kier alpha value is -3.67. The zero-order valence-electron chi connectivity index (χ0n) is 14.8. The number of ether oxygens (including phenoxy) is 1. The maximum Gasteiger partial charge on any atom is 0.308 e. The van der Waals surface area contributed by atoms with Crippen molar-refractivity contribution in [2.24, 2.45) is 0 Å². The Balaban J connectivity index is 1.80. The van der Waals surface area contributed by atoms with Gasteiger partial charge in [-0.15, -0.1) is 0 Å². The van der Waals surface area contributed by atoms with E-state index in [1.165, 1.54) is 13.2 Å². The first-order valence-electron chi connectivity index (χ1n) is 8.38. The standard InChI is InChI=1S/C21H16N2O4/c1-13-19(27-14(2)24)9-8-17-20(25)18(12-26-21(13)17)15-10-22-23(11-15)16-6-4-3-5-7-16/h3-12H,1-2H3. The lowest BCUT2D eigenvalue weighted by atomic mass is 10.1. The molecule has 0 amide bonds. The van der Waals surface area contributed by atoms with Gasteiger partial charge in [-0.3, -0.25) is 9.59 Å². The lowest BCUT2D eigenvalue weighted by molar-refractivity contribution is -0.131. The van der Waals surface area contributed by atoms with Gasteiger partial charge in [0.05, 0.1) is 22.8 Å². The molecule has 0 atom stereocenters. The van der Waals surface area contributed by atoms with E-state index in [9.17, 15) is 9.59 Å². The van der Waals surface area contributed by atoms with Gasteiger partial charge < -0.3 is 9.15 Å². The smallest absolute Gasteiger partial charge is 0.308 e. The van der Waals surface area contributed by atoms with Crippen LogP contribution in [-0.4, -0.2) is 15.7 Å². The highest BCUT2D eigenvalue weighted by Crippen LogP contribution is 2.28. The van der Waals surface area contributed by atoms with Crippen molar-refractivity contribution in [3.8, 4) is 22.6 Å². The molecule has 0 aliphatic heterocycles. The molecule has 0 unspecified atom stereocenters. The van der Waals surface area contributed by atoms with Crippen LogP contribution < -0.4 is 10.2 Å². The third-order valence-corrected chi connectivity index (χ3v) is 4.31. The molecule has 4 aromatic rings. The third kappa shape index (κ3) is 3.01. The zero-order chi connectivity index (χ0) is 19.0. The fourth-order valence-corrected chi connectivity index (χ4v) is 2.97. The van der Waals surface area contributed by atoms with Gasteiger partial charge in [0.1, 0.15) is 17.6 Å². The van der Waals surface area contributed by atoms with Gasteiger partial charge >= 0.3 is 5.97 Å². The van der Waals surface area contributed by atoms with E-state index >= 15 is 0 Å². The summed E-state index contributed by atoms with van der Waals surface area (Å²) in [7, 11) is 0. The summed E-state index contributed by atoms with van der Waals surface area (Å²) in [4.78, 5) is 24.2. The van der Waals surface area contributed by atoms with Crippen LogP contribution in [0.25, 0.3) is 27.8 Å². The summed E-state index contributed by atoms with van der Waals surface area (Å²) in [5.74, 6) is -0.0486. The van der Waals surface area contributed by atoms with Crippen LogP contribution in [0, 0.1) is 6.92 Å². The van der Waals surface area contributed by atoms with E-state index in [1.807, 2.05) is 30.3 Å². The van der Waals surface area contributed by atoms with Crippen LogP contribution in [0.2, 0.25) is 0 Å². The van der Waals surface area contributed by atoms with Crippen LogP contribution in [0.15, 0.2) is 70.3 Å². The second-order valence-corrected chi connectivity index (χ2v) is 6.15. The number of carbonyl (C=O) groups is 1. The molecule has 2 aromatic heterocycles. The molecule has 2 heterocycles. The summed E-state index contributed by atoms with van der Waals surface area (Å²) in [6.45, 7) is 3.07. The van der Waals surface area contributed by atoms with Gasteiger partial charge in [-0.1, -0.05) is 18.2 Å². The Morgan fingerprint density at radius 2 is 1.93 bits per heavy atom. The van der Waals surface area contributed by atoms with Gasteiger partial charge in [0, 0.05) is 24.2 Å². The maximum absolute atomic E-state index is 13.0. The van der Waals surface area contributed by atoms with E-state index in [2.05, 4.69) is 5.10 Å². The Kier molecular flexibility index (Phi) is 4.08. The fraction of sp³-hybridized carbons (Fsp3) is 0.0952. The molecule has 0 bridgehead atoms. The lowest BCUT2D eigenvalue weighted by Gasteiger charge is -2.08. The van der Waals surface area contributed by atoms with Crippen LogP contribution in [-0.2, 0) is 4.79 Å². The molecule has 0 aliphatic carbocycles. The summed E-state index contributed by atoms with van der Waals surface area (Å²) in [5.41, 5.74) is 2.82. The van der Waals surface area contributed by atoms with Crippen LogP contribution >= 0.6 is 0 Å². The first-order chi connectivity index (χ1) is 13.0. The minimum Gasteiger partial charge on any atom is -0.463 e. The molecule has 134 valence electrons. The molecule has 0 aliphatic rings. The first kappa shape index (κ1) is 16.8. The van der Waals surface area contributed by atoms with Gasteiger partial charge in [0.2, 0.25) is 5.43 Å². The molecule has 27 heavy (non-hydrogen) atoms. The molecule has 2 aromatic carbocycles. The van der Waals surface area contributed by atoms with Crippen molar-refractivity contribution in [1.29, 1.82) is 0 Å². The van der Waals surface area contributed by atoms with Gasteiger partial charge in [0.25, 0.3) is 0 Å². The second-order valence-electron chi connectivity index (χ2n) is 6.15. The SMILES string of the molecule is CC(=O)Oc1ccc2c(=O)c(-c3cnn(-c4ccccc4)c3)coc2c1C. The van der Waals surface area contributed by atoms with Crippen molar-refractivity contribution < 1.29 is 13.9 Å². The summed E-state index contributed by atoms with van der Waals surface area (Å²) in [6, 6.07) is 12.8. The molecular weight excluding hydrogens is 344 g/mol. The van der Waals surface area contributed by atoms with Crippen LogP contribution in [0.1, 0.15) is 12.5 Å². The lowest BCUT2D eigenvalue weighted by Crippen LogP contribution is -2.07. The predicted molar refractivity (Wildman–Crippen MR) is 101 cm³/mol. The van der Waals surface area contributed by atoms with Crippen molar-refractivity contribution in [1.82, 2.24) is 9.78 Å². The Bertz CT molecular complexity index is 1210. The van der Waals surface area contributed by atoms with Crippen molar-refractivity contribution in [2.45, 2.75) is 13.8 Å². The van der Waals surface area contributed by atoms with Crippen LogP contribution in [0.4, 0.5) is 0 Å². The summed E-state index contributed by atoms with van der Waals surface area (Å²) in [6.07, 6.45) is 4.83. The maximum atomic E-state index is 13.0. The van der Waals surface area contributed by atoms with E-state index in [0.29, 0.717) is 33.4 Å². The highest BCUT2D eigenvalue weighted by Gasteiger charge is 2.15. The number of para-hydroxylation sites is 1. The summed E-state index contributed by atoms with van der Waals surface area (Å²) in [5, 5.41) is 4.75. The van der Waals surface area contributed by atoms with Gasteiger partial charge in [0.15, 0.2) is 0 Å². The minimum atomic E-state index is -0.426. The van der Waals surface area contributed by atoms with Crippen LogP contribution in [0.3, 0.4) is 0 Å². The predicted octanol–water partition coefficient (Wildman–Crippen LogP) is 3.88. The fourth-order valence-electron chi connectivity index (χ4n) is 2.97. The molecule has 4 rings (SSSR count). The van der Waals surface area contributed by atoms with Gasteiger partial charge in [-0.2, -0.15) is 5.10 Å². The van der Waals surface area contributed by atoms with E-state index in [1.54, 1.807) is 36.1 Å². The monoisotopic (exact) mass is 360 g/mol. The average Bonchev–Trinajstić information content (AvgIpc) is 3.15. The third-order valence-electron chi connectivity index (χ3n) is 4.31. The van der Waals surface area contributed by atoms with Crippen molar-refractivity contribution in [2.75, 3.05) is 0 Å². The molecule has 6 heteroatoms. The minimum absolute atomic E-state index is 0.165. The highest BCUT2D eigenvalue weighted by molar-refractivity contribution is 5.86. The van der Waals surface area contributed by atoms with E-state index in [0.717, 1.165) is 5.69 Å². The van der Waals surface area contributed by atoms with E-state index in [4.69, 9.17) is 9.15 Å². The van der Waals surface area contributed by atoms with E-state index in [-0.39, 0.29) is 5.43 Å². The number of aryl methyl sites for hydroxylation is 1. The normalized spacial score (nSPS) is 10.9. The molecule has 0 spiro atoms. The van der Waals surface area contributed by atoms with E-state index < -0.39 is 5.97 Å². The Morgan fingerprint density at radius 1 is 1.15 bits per heavy atom. The van der Waals surface area contributed by atoms with Gasteiger partial charge in [-0.25, -0.2) is 4.68 Å². The summed E-state index contributed by atoms with van der Waals surface area (Å²) < 4.78 is 12.6. The molecule has 0 saturated carbocycles. The first-order valence-corrected chi connectivity index (χ1v) is 8.38. The molecule has 0 saturated heterocycles. The Labute approximate surface area is 154 Å². The molecule has 0 fully saturated rings. The highest BCUT2D eigenvalue weighted by atomic mass is 16.5. The molecule has 0 N–H and O–H groups in total. The number of esters is 1. The number of rotatable bonds is 3. The molecule has 6 nitrogen and oxygen atoms in total. The Morgan fingerprint density at radius 3 is 2.67 bits per heavy atom. The van der Waals surface area contributed by atoms with Crippen molar-refractivity contribution in [3.05, 3.63) is 76.9 Å². The van der Waals surface area contributed by atoms with Crippen molar-refractivity contribution >= 4 is 16.9 Å². The molecule has 0 radical (unpaired) electrons. The number of hydrogen-bond donors (Lipinski definition) is 0. The topological polar surface area (TPSA) is 74.3 Å². The number of benzene rings is 2. The largest absolute Gasteiger partial charge is 0.463 e. The number of nitrogens with zero attached hydrogens (tertiary/aromatic N) is 2.